The van der Waals surface area contributed by atoms with Gasteiger partial charge < -0.3 is 4.90 Å². The minimum Gasteiger partial charge on any atom is -0.332 e. The number of para-hydroxylation sites is 1. The molecule has 5 heteroatoms. The van der Waals surface area contributed by atoms with Crippen molar-refractivity contribution in [1.82, 2.24) is 14.5 Å². The van der Waals surface area contributed by atoms with Crippen LogP contribution in [0.2, 0.25) is 0 Å². The molecular weight excluding hydrogens is 398 g/mol. The average Bonchev–Trinajstić information content (AvgIpc) is 2.83. The van der Waals surface area contributed by atoms with Crippen LogP contribution in [-0.4, -0.2) is 26.4 Å². The molecular formula is C27H27N3O2. The molecule has 4 rings (SSSR count). The van der Waals surface area contributed by atoms with Crippen LogP contribution in [0.4, 0.5) is 0 Å². The van der Waals surface area contributed by atoms with Crippen LogP contribution in [0.5, 0.6) is 0 Å². The molecule has 0 bridgehead atoms. The van der Waals surface area contributed by atoms with Gasteiger partial charge in [-0.3, -0.25) is 14.2 Å². The Hall–Kier alpha value is -3.73. The van der Waals surface area contributed by atoms with E-state index in [9.17, 15) is 9.59 Å². The molecule has 0 aliphatic heterocycles. The molecule has 0 aliphatic carbocycles. The first-order chi connectivity index (χ1) is 15.5. The number of hydrogen-bond acceptors (Lipinski definition) is 3. The van der Waals surface area contributed by atoms with Crippen molar-refractivity contribution in [3.05, 3.63) is 106 Å². The monoisotopic (exact) mass is 425 g/mol. The minimum absolute atomic E-state index is 0.0181. The van der Waals surface area contributed by atoms with E-state index in [1.807, 2.05) is 72.5 Å². The summed E-state index contributed by atoms with van der Waals surface area (Å²) in [6.07, 6.45) is 0.869. The molecule has 0 spiro atoms. The number of carbonyl (C=O) groups excluding carboxylic acids is 1. The summed E-state index contributed by atoms with van der Waals surface area (Å²) in [6.45, 7) is 6.53. The maximum absolute atomic E-state index is 13.4. The third-order valence-corrected chi connectivity index (χ3v) is 5.90. The second-order valence-corrected chi connectivity index (χ2v) is 8.04. The van der Waals surface area contributed by atoms with E-state index in [4.69, 9.17) is 0 Å². The Morgan fingerprint density at radius 1 is 0.969 bits per heavy atom. The minimum atomic E-state index is -0.113. The number of carbonyl (C=O) groups is 1. The molecule has 1 amide bonds. The zero-order chi connectivity index (χ0) is 22.7. The summed E-state index contributed by atoms with van der Waals surface area (Å²) in [6, 6.07) is 24.7. The van der Waals surface area contributed by atoms with Gasteiger partial charge in [-0.25, -0.2) is 4.98 Å². The fourth-order valence-corrected chi connectivity index (χ4v) is 3.90. The van der Waals surface area contributed by atoms with Crippen LogP contribution < -0.4 is 5.56 Å². The molecule has 0 aliphatic rings. The van der Waals surface area contributed by atoms with E-state index in [-0.39, 0.29) is 17.5 Å². The number of benzene rings is 3. The maximum Gasteiger partial charge on any atom is 0.265 e. The standard InChI is InChI=1S/C27H27N3O2/c1-4-19(2)29(18-21-10-6-5-7-11-21)26(31)22-14-16-23(17-15-22)30-20(3)28-25-13-9-8-12-24(25)27(30)32/h5-17,19H,4,18H2,1-3H3. The van der Waals surface area contributed by atoms with Crippen molar-refractivity contribution in [3.8, 4) is 5.69 Å². The van der Waals surface area contributed by atoms with Crippen LogP contribution in [0.15, 0.2) is 83.7 Å². The van der Waals surface area contributed by atoms with E-state index in [0.717, 1.165) is 12.0 Å². The van der Waals surface area contributed by atoms with Gasteiger partial charge in [0, 0.05) is 18.2 Å². The molecule has 0 saturated heterocycles. The first kappa shape index (κ1) is 21.5. The summed E-state index contributed by atoms with van der Waals surface area (Å²) in [5.74, 6) is 0.591. The number of nitrogens with zero attached hydrogens (tertiary/aromatic N) is 3. The van der Waals surface area contributed by atoms with E-state index in [1.54, 1.807) is 22.8 Å². The topological polar surface area (TPSA) is 55.2 Å². The van der Waals surface area contributed by atoms with Crippen LogP contribution in [0.3, 0.4) is 0 Å². The molecule has 0 N–H and O–H groups in total. The quantitative estimate of drug-likeness (QED) is 0.430. The van der Waals surface area contributed by atoms with Crippen LogP contribution in [0, 0.1) is 6.92 Å². The highest BCUT2D eigenvalue weighted by atomic mass is 16.2. The van der Waals surface area contributed by atoms with Gasteiger partial charge >= 0.3 is 0 Å². The second kappa shape index (κ2) is 9.18. The summed E-state index contributed by atoms with van der Waals surface area (Å²) in [5.41, 5.74) is 2.97. The van der Waals surface area contributed by atoms with E-state index in [1.165, 1.54) is 0 Å². The van der Waals surface area contributed by atoms with Crippen molar-refractivity contribution in [2.45, 2.75) is 39.8 Å². The molecule has 0 fully saturated rings. The number of aryl methyl sites for hydroxylation is 1. The van der Waals surface area contributed by atoms with E-state index < -0.39 is 0 Å². The van der Waals surface area contributed by atoms with Gasteiger partial charge in [-0.1, -0.05) is 49.4 Å². The summed E-state index contributed by atoms with van der Waals surface area (Å²) >= 11 is 0. The smallest absolute Gasteiger partial charge is 0.265 e. The van der Waals surface area contributed by atoms with Crippen molar-refractivity contribution < 1.29 is 4.79 Å². The summed E-state index contributed by atoms with van der Waals surface area (Å²) < 4.78 is 1.59. The fraction of sp³-hybridized carbons (Fsp3) is 0.222. The number of hydrogen-bond donors (Lipinski definition) is 0. The molecule has 5 nitrogen and oxygen atoms in total. The highest BCUT2D eigenvalue weighted by Gasteiger charge is 2.21. The number of aromatic nitrogens is 2. The van der Waals surface area contributed by atoms with Gasteiger partial charge in [0.2, 0.25) is 0 Å². The molecule has 162 valence electrons. The maximum atomic E-state index is 13.4. The second-order valence-electron chi connectivity index (χ2n) is 8.04. The summed E-state index contributed by atoms with van der Waals surface area (Å²) in [5, 5.41) is 0.573. The van der Waals surface area contributed by atoms with E-state index >= 15 is 0 Å². The van der Waals surface area contributed by atoms with Gasteiger partial charge in [0.1, 0.15) is 5.82 Å². The Kier molecular flexibility index (Phi) is 6.17. The molecule has 4 aromatic rings. The molecule has 0 saturated carbocycles. The van der Waals surface area contributed by atoms with Crippen molar-refractivity contribution in [2.75, 3.05) is 0 Å². The van der Waals surface area contributed by atoms with Gasteiger partial charge in [0.15, 0.2) is 0 Å². The number of rotatable bonds is 6. The Balaban J connectivity index is 1.66. The first-order valence-electron chi connectivity index (χ1n) is 10.9. The van der Waals surface area contributed by atoms with Crippen LogP contribution >= 0.6 is 0 Å². The predicted molar refractivity (Wildman–Crippen MR) is 128 cm³/mol. The van der Waals surface area contributed by atoms with Gasteiger partial charge in [0.05, 0.1) is 16.6 Å². The highest BCUT2D eigenvalue weighted by Crippen LogP contribution is 2.18. The predicted octanol–water partition coefficient (Wildman–Crippen LogP) is 5.14. The Labute approximate surface area is 188 Å². The summed E-state index contributed by atoms with van der Waals surface area (Å²) in [4.78, 5) is 32.9. The normalized spacial score (nSPS) is 12.0. The van der Waals surface area contributed by atoms with Gasteiger partial charge in [-0.2, -0.15) is 0 Å². The molecule has 1 unspecified atom stereocenters. The van der Waals surface area contributed by atoms with Crippen molar-refractivity contribution in [2.24, 2.45) is 0 Å². The lowest BCUT2D eigenvalue weighted by Crippen LogP contribution is -2.37. The van der Waals surface area contributed by atoms with E-state index in [0.29, 0.717) is 34.5 Å². The Bertz CT molecular complexity index is 1290. The van der Waals surface area contributed by atoms with Gasteiger partial charge in [-0.15, -0.1) is 0 Å². The van der Waals surface area contributed by atoms with Crippen molar-refractivity contribution in [1.29, 1.82) is 0 Å². The van der Waals surface area contributed by atoms with Crippen LogP contribution in [0.1, 0.15) is 42.0 Å². The lowest BCUT2D eigenvalue weighted by Gasteiger charge is -2.29. The molecule has 1 atom stereocenters. The molecule has 3 aromatic carbocycles. The summed E-state index contributed by atoms with van der Waals surface area (Å²) in [7, 11) is 0. The van der Waals surface area contributed by atoms with Gasteiger partial charge in [-0.05, 0) is 62.2 Å². The fourth-order valence-electron chi connectivity index (χ4n) is 3.90. The van der Waals surface area contributed by atoms with Crippen LogP contribution in [0.25, 0.3) is 16.6 Å². The van der Waals surface area contributed by atoms with Crippen molar-refractivity contribution in [3.63, 3.8) is 0 Å². The SMILES string of the molecule is CCC(C)N(Cc1ccccc1)C(=O)c1ccc(-n2c(C)nc3ccccc3c2=O)cc1. The molecule has 1 aromatic heterocycles. The van der Waals surface area contributed by atoms with Gasteiger partial charge in [0.25, 0.3) is 11.5 Å². The van der Waals surface area contributed by atoms with Crippen LogP contribution in [-0.2, 0) is 6.54 Å². The first-order valence-corrected chi connectivity index (χ1v) is 10.9. The molecule has 1 heterocycles. The zero-order valence-corrected chi connectivity index (χ0v) is 18.7. The lowest BCUT2D eigenvalue weighted by atomic mass is 10.1. The molecule has 0 radical (unpaired) electrons. The average molecular weight is 426 g/mol. The number of amides is 1. The Morgan fingerprint density at radius 2 is 1.62 bits per heavy atom. The third-order valence-electron chi connectivity index (χ3n) is 5.90. The number of fused-ring (bicyclic) bond motifs is 1. The third kappa shape index (κ3) is 4.19. The largest absolute Gasteiger partial charge is 0.332 e. The highest BCUT2D eigenvalue weighted by molar-refractivity contribution is 5.94. The van der Waals surface area contributed by atoms with Crippen molar-refractivity contribution >= 4 is 16.8 Å². The Morgan fingerprint density at radius 3 is 2.31 bits per heavy atom. The zero-order valence-electron chi connectivity index (χ0n) is 18.7. The van der Waals surface area contributed by atoms with E-state index in [2.05, 4.69) is 18.8 Å². The molecule has 32 heavy (non-hydrogen) atoms. The lowest BCUT2D eigenvalue weighted by molar-refractivity contribution is 0.0671.